The quantitative estimate of drug-likeness (QED) is 0.452. The van der Waals surface area contributed by atoms with Gasteiger partial charge in [-0.1, -0.05) is 6.92 Å². The Hall–Kier alpha value is -0.210. The van der Waals surface area contributed by atoms with Crippen LogP contribution in [0.4, 0.5) is 0 Å². The van der Waals surface area contributed by atoms with E-state index in [0.717, 1.165) is 0 Å². The third kappa shape index (κ3) is 10.9. The van der Waals surface area contributed by atoms with Gasteiger partial charge in [0.05, 0.1) is 37.8 Å². The fourth-order valence-electron chi connectivity index (χ4n) is 1.28. The van der Waals surface area contributed by atoms with Crippen LogP contribution in [0.3, 0.4) is 0 Å². The van der Waals surface area contributed by atoms with Gasteiger partial charge in [0.25, 0.3) is 10.1 Å². The van der Waals surface area contributed by atoms with Crippen LogP contribution in [0.1, 0.15) is 26.7 Å². The summed E-state index contributed by atoms with van der Waals surface area (Å²) in [6.07, 6.45) is 0.871. The molecule has 0 aromatic carbocycles. The highest BCUT2D eigenvalue weighted by Crippen LogP contribution is 2.05. The second kappa shape index (κ2) is 9.69. The number of methoxy groups -OCH3 is 1. The maximum absolute atomic E-state index is 10.6. The van der Waals surface area contributed by atoms with E-state index in [1.54, 1.807) is 7.11 Å². The molecule has 0 fully saturated rings. The van der Waals surface area contributed by atoms with Crippen LogP contribution in [0, 0.1) is 0 Å². The minimum absolute atomic E-state index is 0.0477. The molecule has 110 valence electrons. The first-order valence-corrected chi connectivity index (χ1v) is 7.67. The third-order valence-electron chi connectivity index (χ3n) is 2.49. The highest BCUT2D eigenvalue weighted by molar-refractivity contribution is 7.85. The zero-order valence-electron chi connectivity index (χ0n) is 11.3. The van der Waals surface area contributed by atoms with Crippen LogP contribution >= 0.6 is 0 Å². The molecule has 6 nitrogen and oxygen atoms in total. The molecule has 0 radical (unpaired) electrons. The van der Waals surface area contributed by atoms with Crippen LogP contribution in [0.15, 0.2) is 0 Å². The molecule has 0 rings (SSSR count). The van der Waals surface area contributed by atoms with Gasteiger partial charge in [0.15, 0.2) is 0 Å². The van der Waals surface area contributed by atoms with Crippen molar-refractivity contribution in [2.24, 2.45) is 0 Å². The average Bonchev–Trinajstić information content (AvgIpc) is 2.31. The van der Waals surface area contributed by atoms with E-state index in [1.165, 1.54) is 0 Å². The molecule has 0 saturated carbocycles. The summed E-state index contributed by atoms with van der Waals surface area (Å²) >= 11 is 0. The van der Waals surface area contributed by atoms with Crippen molar-refractivity contribution >= 4 is 10.1 Å². The summed E-state index contributed by atoms with van der Waals surface area (Å²) in [5.74, 6) is -0.271. The Morgan fingerprint density at radius 1 is 1.28 bits per heavy atom. The predicted octanol–water partition coefficient (Wildman–Crippen LogP) is 1.11. The Bertz CT molecular complexity index is 290. The molecule has 0 aromatic heterocycles. The van der Waals surface area contributed by atoms with Crippen LogP contribution in [-0.2, 0) is 24.3 Å². The van der Waals surface area contributed by atoms with Crippen molar-refractivity contribution < 1.29 is 27.2 Å². The smallest absolute Gasteiger partial charge is 0.264 e. The molecular weight excluding hydrogens is 260 g/mol. The van der Waals surface area contributed by atoms with Crippen molar-refractivity contribution in [3.8, 4) is 0 Å². The summed E-state index contributed by atoms with van der Waals surface area (Å²) in [6.45, 7) is 5.16. The lowest BCUT2D eigenvalue weighted by atomic mass is 10.2. The van der Waals surface area contributed by atoms with Gasteiger partial charge in [-0.3, -0.25) is 4.55 Å². The van der Waals surface area contributed by atoms with Gasteiger partial charge < -0.3 is 14.2 Å². The Kier molecular flexibility index (Phi) is 9.57. The molecule has 0 heterocycles. The van der Waals surface area contributed by atoms with Gasteiger partial charge in [-0.15, -0.1) is 0 Å². The Morgan fingerprint density at radius 2 is 1.94 bits per heavy atom. The summed E-state index contributed by atoms with van der Waals surface area (Å²) < 4.78 is 45.6. The number of rotatable bonds is 11. The molecule has 0 aliphatic rings. The Labute approximate surface area is 109 Å². The van der Waals surface area contributed by atoms with Crippen LogP contribution in [0.2, 0.25) is 0 Å². The topological polar surface area (TPSA) is 82.1 Å². The lowest BCUT2D eigenvalue weighted by Crippen LogP contribution is -2.21. The molecule has 18 heavy (non-hydrogen) atoms. The normalized spacial score (nSPS) is 15.6. The number of hydrogen-bond donors (Lipinski definition) is 1. The number of hydrogen-bond acceptors (Lipinski definition) is 5. The predicted molar refractivity (Wildman–Crippen MR) is 68.4 cm³/mol. The van der Waals surface area contributed by atoms with E-state index >= 15 is 0 Å². The largest absolute Gasteiger partial charge is 0.379 e. The van der Waals surface area contributed by atoms with E-state index in [-0.39, 0.29) is 18.0 Å². The molecule has 0 saturated heterocycles. The van der Waals surface area contributed by atoms with E-state index in [4.69, 9.17) is 18.8 Å². The van der Waals surface area contributed by atoms with Gasteiger partial charge in [-0.2, -0.15) is 8.42 Å². The SMILES string of the molecule is CCC(CCS(=O)(=O)O)OCCOCC(C)OC. The van der Waals surface area contributed by atoms with Crippen molar-refractivity contribution in [3.63, 3.8) is 0 Å². The maximum atomic E-state index is 10.6. The van der Waals surface area contributed by atoms with Crippen LogP contribution in [0.25, 0.3) is 0 Å². The first-order valence-electron chi connectivity index (χ1n) is 6.06. The minimum atomic E-state index is -3.91. The van der Waals surface area contributed by atoms with Crippen molar-refractivity contribution in [1.82, 2.24) is 0 Å². The molecule has 0 spiro atoms. The van der Waals surface area contributed by atoms with Crippen molar-refractivity contribution in [2.45, 2.75) is 38.9 Å². The van der Waals surface area contributed by atoms with E-state index in [9.17, 15) is 8.42 Å². The first kappa shape index (κ1) is 17.8. The summed E-state index contributed by atoms with van der Waals surface area (Å²) in [5, 5.41) is 0. The van der Waals surface area contributed by atoms with Gasteiger partial charge in [-0.05, 0) is 19.8 Å². The number of ether oxygens (including phenoxy) is 3. The van der Waals surface area contributed by atoms with Gasteiger partial charge in [-0.25, -0.2) is 0 Å². The fourth-order valence-corrected chi connectivity index (χ4v) is 1.84. The summed E-state index contributed by atoms with van der Waals surface area (Å²) in [7, 11) is -2.29. The molecule has 1 N–H and O–H groups in total. The van der Waals surface area contributed by atoms with Crippen molar-refractivity contribution in [1.29, 1.82) is 0 Å². The lowest BCUT2D eigenvalue weighted by Gasteiger charge is -2.16. The lowest BCUT2D eigenvalue weighted by molar-refractivity contribution is -0.0262. The Balaban J connectivity index is 3.62. The second-order valence-electron chi connectivity index (χ2n) is 4.10. The molecule has 2 atom stereocenters. The Morgan fingerprint density at radius 3 is 2.44 bits per heavy atom. The zero-order valence-corrected chi connectivity index (χ0v) is 12.1. The van der Waals surface area contributed by atoms with E-state index in [0.29, 0.717) is 32.7 Å². The maximum Gasteiger partial charge on any atom is 0.264 e. The monoisotopic (exact) mass is 284 g/mol. The zero-order chi connectivity index (χ0) is 14.0. The average molecular weight is 284 g/mol. The van der Waals surface area contributed by atoms with E-state index in [1.807, 2.05) is 13.8 Å². The molecule has 0 aromatic rings. The van der Waals surface area contributed by atoms with Gasteiger partial charge in [0.2, 0.25) is 0 Å². The van der Waals surface area contributed by atoms with E-state index < -0.39 is 10.1 Å². The fraction of sp³-hybridized carbons (Fsp3) is 1.00. The third-order valence-corrected chi connectivity index (χ3v) is 3.24. The van der Waals surface area contributed by atoms with Crippen LogP contribution < -0.4 is 0 Å². The summed E-state index contributed by atoms with van der Waals surface area (Å²) in [6, 6.07) is 0. The van der Waals surface area contributed by atoms with Crippen LogP contribution in [0.5, 0.6) is 0 Å². The van der Waals surface area contributed by atoms with Gasteiger partial charge in [0.1, 0.15) is 0 Å². The minimum Gasteiger partial charge on any atom is -0.379 e. The van der Waals surface area contributed by atoms with Crippen molar-refractivity contribution in [3.05, 3.63) is 0 Å². The van der Waals surface area contributed by atoms with Crippen molar-refractivity contribution in [2.75, 3.05) is 32.7 Å². The molecule has 7 heteroatoms. The summed E-state index contributed by atoms with van der Waals surface area (Å²) in [5.41, 5.74) is 0. The van der Waals surface area contributed by atoms with E-state index in [2.05, 4.69) is 0 Å². The van der Waals surface area contributed by atoms with Gasteiger partial charge in [0, 0.05) is 7.11 Å². The molecule has 0 bridgehead atoms. The molecule has 0 aliphatic carbocycles. The van der Waals surface area contributed by atoms with Crippen LogP contribution in [-0.4, -0.2) is 57.9 Å². The highest BCUT2D eigenvalue weighted by Gasteiger charge is 2.12. The molecule has 2 unspecified atom stereocenters. The molecule has 0 amide bonds. The molecular formula is C11H24O6S. The summed E-state index contributed by atoms with van der Waals surface area (Å²) in [4.78, 5) is 0. The first-order chi connectivity index (χ1) is 8.39. The van der Waals surface area contributed by atoms with Gasteiger partial charge >= 0.3 is 0 Å². The second-order valence-corrected chi connectivity index (χ2v) is 5.67. The highest BCUT2D eigenvalue weighted by atomic mass is 32.2. The standard InChI is InChI=1S/C11H24O6S/c1-4-11(5-8-18(12,13)14)17-7-6-16-9-10(2)15-3/h10-11H,4-9H2,1-3H3,(H,12,13,14). The molecule has 0 aliphatic heterocycles.